The molecule has 174 valence electrons. The fourth-order valence-electron chi connectivity index (χ4n) is 4.82. The summed E-state index contributed by atoms with van der Waals surface area (Å²) in [5.41, 5.74) is 4.75. The molecule has 1 N–H and O–H groups in total. The highest BCUT2D eigenvalue weighted by atomic mass is 35.5. The number of rotatable bonds is 7. The number of amides is 1. The van der Waals surface area contributed by atoms with E-state index in [1.807, 2.05) is 30.3 Å². The van der Waals surface area contributed by atoms with Crippen molar-refractivity contribution in [3.8, 4) is 0 Å². The minimum Gasteiger partial charge on any atom is -0.352 e. The summed E-state index contributed by atoms with van der Waals surface area (Å²) < 4.78 is 2.40. The molecule has 0 aliphatic carbocycles. The van der Waals surface area contributed by atoms with E-state index < -0.39 is 0 Å². The molecule has 1 amide bonds. The molecule has 1 aliphatic rings. The number of likely N-dealkylation sites (tertiary alicyclic amines) is 1. The van der Waals surface area contributed by atoms with Crippen LogP contribution in [-0.2, 0) is 24.4 Å². The zero-order chi connectivity index (χ0) is 23.3. The summed E-state index contributed by atoms with van der Waals surface area (Å²) in [6.45, 7) is 4.04. The van der Waals surface area contributed by atoms with Crippen molar-refractivity contribution >= 4 is 28.4 Å². The molecule has 1 aliphatic heterocycles. The van der Waals surface area contributed by atoms with E-state index in [9.17, 15) is 4.79 Å². The van der Waals surface area contributed by atoms with Crippen molar-refractivity contribution in [2.24, 2.45) is 5.92 Å². The molecular formula is C28H29ClN4O. The standard InChI is InChI=1S/C28H29ClN4O/c29-25-8-3-5-21(15-25)19-33-26(16-24-7-1-2-9-27(24)33)20-32-13-10-23(11-14-32)28(34)31-18-22-6-4-12-30-17-22/h1-9,12,15-17,23H,10-11,13-14,18-20H2,(H,31,34). The minimum atomic E-state index is 0.0743. The molecule has 0 atom stereocenters. The summed E-state index contributed by atoms with van der Waals surface area (Å²) in [5.74, 6) is 0.226. The highest BCUT2D eigenvalue weighted by Crippen LogP contribution is 2.25. The largest absolute Gasteiger partial charge is 0.352 e. The molecule has 0 unspecified atom stereocenters. The van der Waals surface area contributed by atoms with Gasteiger partial charge in [-0.05, 0) is 72.8 Å². The number of nitrogens with one attached hydrogen (secondary N) is 1. The van der Waals surface area contributed by atoms with Crippen molar-refractivity contribution in [1.29, 1.82) is 0 Å². The second-order valence-corrected chi connectivity index (χ2v) is 9.48. The number of pyridine rings is 1. The molecule has 5 rings (SSSR count). The average Bonchev–Trinajstić information content (AvgIpc) is 3.20. The van der Waals surface area contributed by atoms with Crippen LogP contribution in [0.1, 0.15) is 29.7 Å². The van der Waals surface area contributed by atoms with Crippen molar-refractivity contribution < 1.29 is 4.79 Å². The molecular weight excluding hydrogens is 444 g/mol. The maximum atomic E-state index is 12.7. The highest BCUT2D eigenvalue weighted by Gasteiger charge is 2.25. The van der Waals surface area contributed by atoms with E-state index in [2.05, 4.69) is 56.2 Å². The van der Waals surface area contributed by atoms with Crippen LogP contribution in [0, 0.1) is 5.92 Å². The molecule has 6 heteroatoms. The Morgan fingerprint density at radius 2 is 1.79 bits per heavy atom. The first-order valence-corrected chi connectivity index (χ1v) is 12.2. The van der Waals surface area contributed by atoms with Crippen LogP contribution in [-0.4, -0.2) is 33.4 Å². The number of piperidine rings is 1. The number of carbonyl (C=O) groups is 1. The molecule has 2 aromatic heterocycles. The van der Waals surface area contributed by atoms with Crippen molar-refractivity contribution in [2.75, 3.05) is 13.1 Å². The maximum absolute atomic E-state index is 12.7. The molecule has 0 saturated carbocycles. The van der Waals surface area contributed by atoms with Gasteiger partial charge in [0.2, 0.25) is 5.91 Å². The smallest absolute Gasteiger partial charge is 0.223 e. The number of nitrogens with zero attached hydrogens (tertiary/aromatic N) is 3. The Balaban J connectivity index is 1.23. The monoisotopic (exact) mass is 472 g/mol. The van der Waals surface area contributed by atoms with Crippen LogP contribution in [0.4, 0.5) is 0 Å². The fourth-order valence-corrected chi connectivity index (χ4v) is 5.03. The molecule has 5 nitrogen and oxygen atoms in total. The second kappa shape index (κ2) is 10.4. The van der Waals surface area contributed by atoms with E-state index in [1.54, 1.807) is 12.4 Å². The number of hydrogen-bond donors (Lipinski definition) is 1. The first-order chi connectivity index (χ1) is 16.7. The van der Waals surface area contributed by atoms with E-state index in [-0.39, 0.29) is 11.8 Å². The van der Waals surface area contributed by atoms with Gasteiger partial charge < -0.3 is 9.88 Å². The van der Waals surface area contributed by atoms with Gasteiger partial charge in [-0.15, -0.1) is 0 Å². The average molecular weight is 473 g/mol. The molecule has 2 aromatic carbocycles. The number of hydrogen-bond acceptors (Lipinski definition) is 3. The number of benzene rings is 2. The van der Waals surface area contributed by atoms with Crippen molar-refractivity contribution in [2.45, 2.75) is 32.5 Å². The van der Waals surface area contributed by atoms with Crippen molar-refractivity contribution in [3.05, 3.63) is 101 Å². The van der Waals surface area contributed by atoms with Gasteiger partial charge in [0.15, 0.2) is 0 Å². The summed E-state index contributed by atoms with van der Waals surface area (Å²) >= 11 is 6.24. The molecule has 0 bridgehead atoms. The van der Waals surface area contributed by atoms with Crippen LogP contribution >= 0.6 is 11.6 Å². The Hall–Kier alpha value is -3.15. The Morgan fingerprint density at radius 3 is 2.59 bits per heavy atom. The molecule has 4 aromatic rings. The molecule has 0 spiro atoms. The molecule has 0 radical (unpaired) electrons. The molecule has 1 fully saturated rings. The highest BCUT2D eigenvalue weighted by molar-refractivity contribution is 6.30. The van der Waals surface area contributed by atoms with Gasteiger partial charge in [-0.1, -0.05) is 48.0 Å². The van der Waals surface area contributed by atoms with Gasteiger partial charge in [-0.25, -0.2) is 0 Å². The lowest BCUT2D eigenvalue weighted by atomic mass is 9.95. The summed E-state index contributed by atoms with van der Waals surface area (Å²) in [4.78, 5) is 19.3. The van der Waals surface area contributed by atoms with Crippen molar-refractivity contribution in [3.63, 3.8) is 0 Å². The lowest BCUT2D eigenvalue weighted by Gasteiger charge is -2.31. The van der Waals surface area contributed by atoms with Gasteiger partial charge >= 0.3 is 0 Å². The van der Waals surface area contributed by atoms with Gasteiger partial charge in [-0.2, -0.15) is 0 Å². The quantitative estimate of drug-likeness (QED) is 0.399. The maximum Gasteiger partial charge on any atom is 0.223 e. The fraction of sp³-hybridized carbons (Fsp3) is 0.286. The third-order valence-corrected chi connectivity index (χ3v) is 6.89. The lowest BCUT2D eigenvalue weighted by molar-refractivity contribution is -0.126. The third-order valence-electron chi connectivity index (χ3n) is 6.66. The zero-order valence-electron chi connectivity index (χ0n) is 19.2. The lowest BCUT2D eigenvalue weighted by Crippen LogP contribution is -2.40. The second-order valence-electron chi connectivity index (χ2n) is 9.04. The predicted molar refractivity (Wildman–Crippen MR) is 137 cm³/mol. The van der Waals surface area contributed by atoms with Crippen LogP contribution < -0.4 is 5.32 Å². The molecule has 1 saturated heterocycles. The first-order valence-electron chi connectivity index (χ1n) is 11.9. The SMILES string of the molecule is O=C(NCc1cccnc1)C1CCN(Cc2cc3ccccc3n2Cc2cccc(Cl)c2)CC1. The van der Waals surface area contributed by atoms with E-state index in [0.29, 0.717) is 6.54 Å². The van der Waals surface area contributed by atoms with Crippen LogP contribution in [0.5, 0.6) is 0 Å². The number of aromatic nitrogens is 2. The summed E-state index contributed by atoms with van der Waals surface area (Å²) in [5, 5.41) is 5.10. The Bertz CT molecular complexity index is 1260. The third kappa shape index (κ3) is 5.32. The molecule has 3 heterocycles. The van der Waals surface area contributed by atoms with E-state index in [1.165, 1.54) is 22.2 Å². The number of carbonyl (C=O) groups excluding carboxylic acids is 1. The van der Waals surface area contributed by atoms with E-state index in [4.69, 9.17) is 11.6 Å². The minimum absolute atomic E-state index is 0.0743. The van der Waals surface area contributed by atoms with E-state index in [0.717, 1.165) is 49.6 Å². The normalized spacial score (nSPS) is 15.0. The van der Waals surface area contributed by atoms with Crippen molar-refractivity contribution in [1.82, 2.24) is 19.8 Å². The Kier molecular flexibility index (Phi) is 6.93. The van der Waals surface area contributed by atoms with Gasteiger partial charge in [0.25, 0.3) is 0 Å². The Labute approximate surface area is 205 Å². The van der Waals surface area contributed by atoms with Crippen LogP contribution in [0.15, 0.2) is 79.1 Å². The van der Waals surface area contributed by atoms with Crippen LogP contribution in [0.25, 0.3) is 10.9 Å². The van der Waals surface area contributed by atoms with Gasteiger partial charge in [0, 0.05) is 54.2 Å². The topological polar surface area (TPSA) is 50.2 Å². The van der Waals surface area contributed by atoms with Gasteiger partial charge in [-0.3, -0.25) is 14.7 Å². The summed E-state index contributed by atoms with van der Waals surface area (Å²) in [6.07, 6.45) is 5.31. The summed E-state index contributed by atoms with van der Waals surface area (Å²) in [7, 11) is 0. The number of para-hydroxylation sites is 1. The first kappa shape index (κ1) is 22.6. The zero-order valence-corrected chi connectivity index (χ0v) is 19.9. The Morgan fingerprint density at radius 1 is 0.971 bits per heavy atom. The van der Waals surface area contributed by atoms with Crippen LogP contribution in [0.3, 0.4) is 0 Å². The predicted octanol–water partition coefficient (Wildman–Crippen LogP) is 5.27. The molecule has 34 heavy (non-hydrogen) atoms. The number of halogens is 1. The van der Waals surface area contributed by atoms with Gasteiger partial charge in [0.05, 0.1) is 0 Å². The van der Waals surface area contributed by atoms with Crippen LogP contribution in [0.2, 0.25) is 5.02 Å². The summed E-state index contributed by atoms with van der Waals surface area (Å²) in [6, 6.07) is 22.8. The van der Waals surface area contributed by atoms with E-state index >= 15 is 0 Å². The number of fused-ring (bicyclic) bond motifs is 1. The van der Waals surface area contributed by atoms with Gasteiger partial charge in [0.1, 0.15) is 0 Å².